The van der Waals surface area contributed by atoms with Gasteiger partial charge in [0, 0.05) is 23.1 Å². The first-order chi connectivity index (χ1) is 10.5. The standard InChI is InChI=1S/C15H14N2O4S/c1-9-8-17(15(20)16-13(9)18)12-7-11(14(19)21-12)22-10-5-3-2-4-6-10/h2-6,8,11-12H,7H2,1H3,(H,16,18,20)/t11-,12-/m1/s1. The summed E-state index contributed by atoms with van der Waals surface area (Å²) in [4.78, 5) is 38.4. The molecule has 1 fully saturated rings. The van der Waals surface area contributed by atoms with Gasteiger partial charge in [0.2, 0.25) is 0 Å². The summed E-state index contributed by atoms with van der Waals surface area (Å²) in [5.74, 6) is -0.352. The van der Waals surface area contributed by atoms with E-state index in [-0.39, 0.29) is 11.2 Å². The minimum absolute atomic E-state index is 0.352. The molecule has 6 nitrogen and oxygen atoms in total. The van der Waals surface area contributed by atoms with Gasteiger partial charge in [-0.3, -0.25) is 19.1 Å². The molecule has 1 N–H and O–H groups in total. The van der Waals surface area contributed by atoms with Crippen LogP contribution < -0.4 is 11.2 Å². The molecule has 0 aliphatic carbocycles. The number of cyclic esters (lactones) is 1. The molecule has 0 spiro atoms. The van der Waals surface area contributed by atoms with E-state index >= 15 is 0 Å². The Labute approximate surface area is 130 Å². The van der Waals surface area contributed by atoms with Crippen LogP contribution in [0.1, 0.15) is 18.2 Å². The average Bonchev–Trinajstić information content (AvgIpc) is 2.85. The lowest BCUT2D eigenvalue weighted by molar-refractivity contribution is -0.144. The zero-order valence-electron chi connectivity index (χ0n) is 11.8. The number of carbonyl (C=O) groups is 1. The van der Waals surface area contributed by atoms with Crippen LogP contribution in [-0.4, -0.2) is 20.8 Å². The minimum Gasteiger partial charge on any atom is -0.440 e. The second-order valence-electron chi connectivity index (χ2n) is 5.03. The van der Waals surface area contributed by atoms with Gasteiger partial charge in [0.15, 0.2) is 6.23 Å². The maximum Gasteiger partial charge on any atom is 0.331 e. The van der Waals surface area contributed by atoms with Crippen molar-refractivity contribution in [3.63, 3.8) is 0 Å². The Morgan fingerprint density at radius 2 is 1.95 bits per heavy atom. The highest BCUT2D eigenvalue weighted by atomic mass is 32.2. The SMILES string of the molecule is Cc1cn([C@H]2C[C@@H](Sc3ccccc3)C(=O)O2)c(=O)[nH]c1=O. The van der Waals surface area contributed by atoms with Crippen LogP contribution in [-0.2, 0) is 9.53 Å². The third-order valence-corrected chi connectivity index (χ3v) is 4.62. The first kappa shape index (κ1) is 14.6. The van der Waals surface area contributed by atoms with Crippen molar-refractivity contribution < 1.29 is 9.53 Å². The van der Waals surface area contributed by atoms with E-state index in [1.54, 1.807) is 6.92 Å². The van der Waals surface area contributed by atoms with Gasteiger partial charge in [-0.2, -0.15) is 0 Å². The van der Waals surface area contributed by atoms with Gasteiger partial charge in [-0.15, -0.1) is 11.8 Å². The molecular weight excluding hydrogens is 304 g/mol. The van der Waals surface area contributed by atoms with E-state index < -0.39 is 17.5 Å². The molecule has 1 aliphatic rings. The molecule has 22 heavy (non-hydrogen) atoms. The highest BCUT2D eigenvalue weighted by Gasteiger charge is 2.36. The average molecular weight is 318 g/mol. The van der Waals surface area contributed by atoms with Crippen LogP contribution in [0, 0.1) is 6.92 Å². The number of ether oxygens (including phenoxy) is 1. The van der Waals surface area contributed by atoms with Gasteiger partial charge in [-0.25, -0.2) is 4.79 Å². The van der Waals surface area contributed by atoms with E-state index in [1.807, 2.05) is 30.3 Å². The number of H-pyrrole nitrogens is 1. The molecule has 2 heterocycles. The zero-order chi connectivity index (χ0) is 15.7. The molecular formula is C15H14N2O4S. The number of esters is 1. The number of hydrogen-bond donors (Lipinski definition) is 1. The molecule has 0 bridgehead atoms. The quantitative estimate of drug-likeness (QED) is 0.866. The van der Waals surface area contributed by atoms with Crippen molar-refractivity contribution in [3.8, 4) is 0 Å². The van der Waals surface area contributed by atoms with Gasteiger partial charge in [0.1, 0.15) is 5.25 Å². The number of nitrogens with zero attached hydrogens (tertiary/aromatic N) is 1. The fourth-order valence-electron chi connectivity index (χ4n) is 2.27. The van der Waals surface area contributed by atoms with Crippen LogP contribution in [0.5, 0.6) is 0 Å². The smallest absolute Gasteiger partial charge is 0.331 e. The first-order valence-corrected chi connectivity index (χ1v) is 7.67. The fraction of sp³-hybridized carbons (Fsp3) is 0.267. The van der Waals surface area contributed by atoms with E-state index in [4.69, 9.17) is 4.74 Å². The van der Waals surface area contributed by atoms with Crippen LogP contribution in [0.25, 0.3) is 0 Å². The van der Waals surface area contributed by atoms with Gasteiger partial charge in [-0.05, 0) is 19.1 Å². The number of aromatic amines is 1. The third kappa shape index (κ3) is 2.85. The summed E-state index contributed by atoms with van der Waals surface area (Å²) < 4.78 is 6.55. The zero-order valence-corrected chi connectivity index (χ0v) is 12.6. The lowest BCUT2D eigenvalue weighted by Crippen LogP contribution is -2.33. The van der Waals surface area contributed by atoms with E-state index in [2.05, 4.69) is 4.98 Å². The number of thioether (sulfide) groups is 1. The Morgan fingerprint density at radius 1 is 1.23 bits per heavy atom. The minimum atomic E-state index is -0.684. The summed E-state index contributed by atoms with van der Waals surface area (Å²) in [6.45, 7) is 1.60. The normalized spacial score (nSPS) is 20.9. The molecule has 1 saturated heterocycles. The second-order valence-corrected chi connectivity index (χ2v) is 6.30. The first-order valence-electron chi connectivity index (χ1n) is 6.79. The Morgan fingerprint density at radius 3 is 2.68 bits per heavy atom. The van der Waals surface area contributed by atoms with E-state index in [9.17, 15) is 14.4 Å². The van der Waals surface area contributed by atoms with Crippen LogP contribution in [0.4, 0.5) is 0 Å². The third-order valence-electron chi connectivity index (χ3n) is 3.41. The van der Waals surface area contributed by atoms with Gasteiger partial charge < -0.3 is 4.74 Å². The topological polar surface area (TPSA) is 81.2 Å². The summed E-state index contributed by atoms with van der Waals surface area (Å²) in [7, 11) is 0. The summed E-state index contributed by atoms with van der Waals surface area (Å²) in [6, 6.07) is 9.54. The van der Waals surface area contributed by atoms with Crippen molar-refractivity contribution >= 4 is 17.7 Å². The second kappa shape index (κ2) is 5.84. The number of hydrogen-bond acceptors (Lipinski definition) is 5. The number of aromatic nitrogens is 2. The van der Waals surface area contributed by atoms with Gasteiger partial charge in [-0.1, -0.05) is 18.2 Å². The van der Waals surface area contributed by atoms with Crippen LogP contribution >= 0.6 is 11.8 Å². The van der Waals surface area contributed by atoms with E-state index in [0.29, 0.717) is 12.0 Å². The molecule has 2 atom stereocenters. The molecule has 3 rings (SSSR count). The molecule has 114 valence electrons. The van der Waals surface area contributed by atoms with Crippen LogP contribution in [0.3, 0.4) is 0 Å². The van der Waals surface area contributed by atoms with Crippen molar-refractivity contribution in [3.05, 3.63) is 62.9 Å². The number of aryl methyl sites for hydroxylation is 1. The maximum atomic E-state index is 12.0. The predicted octanol–water partition coefficient (Wildman–Crippen LogP) is 1.45. The highest BCUT2D eigenvalue weighted by Crippen LogP contribution is 2.35. The number of carbonyl (C=O) groups excluding carboxylic acids is 1. The van der Waals surface area contributed by atoms with Crippen molar-refractivity contribution in [1.29, 1.82) is 0 Å². The molecule has 7 heteroatoms. The van der Waals surface area contributed by atoms with Gasteiger partial charge in [0.05, 0.1) is 0 Å². The van der Waals surface area contributed by atoms with Crippen molar-refractivity contribution in [2.75, 3.05) is 0 Å². The largest absolute Gasteiger partial charge is 0.440 e. The molecule has 1 aliphatic heterocycles. The molecule has 0 amide bonds. The molecule has 1 aromatic carbocycles. The van der Waals surface area contributed by atoms with Gasteiger partial charge >= 0.3 is 11.7 Å². The Hall–Kier alpha value is -2.28. The van der Waals surface area contributed by atoms with Crippen molar-refractivity contribution in [2.24, 2.45) is 0 Å². The van der Waals surface area contributed by atoms with E-state index in [1.165, 1.54) is 22.5 Å². The lowest BCUT2D eigenvalue weighted by atomic mass is 10.3. The maximum absolute atomic E-state index is 12.0. The summed E-state index contributed by atoms with van der Waals surface area (Å²) in [5, 5.41) is -0.369. The predicted molar refractivity (Wildman–Crippen MR) is 81.9 cm³/mol. The Kier molecular flexibility index (Phi) is 3.89. The monoisotopic (exact) mass is 318 g/mol. The Bertz CT molecular complexity index is 812. The molecule has 0 unspecified atom stereocenters. The molecule has 1 aromatic heterocycles. The summed E-state index contributed by atoms with van der Waals surface area (Å²) in [5.41, 5.74) is -0.602. The van der Waals surface area contributed by atoms with Crippen LogP contribution in [0.15, 0.2) is 51.0 Å². The summed E-state index contributed by atoms with van der Waals surface area (Å²) in [6.07, 6.45) is 1.12. The van der Waals surface area contributed by atoms with Gasteiger partial charge in [0.25, 0.3) is 5.56 Å². The van der Waals surface area contributed by atoms with Crippen LogP contribution in [0.2, 0.25) is 0 Å². The molecule has 2 aromatic rings. The fourth-order valence-corrected chi connectivity index (χ4v) is 3.32. The van der Waals surface area contributed by atoms with E-state index in [0.717, 1.165) is 4.90 Å². The Balaban J connectivity index is 1.82. The van der Waals surface area contributed by atoms with Crippen molar-refractivity contribution in [2.45, 2.75) is 29.7 Å². The molecule has 0 saturated carbocycles. The highest BCUT2D eigenvalue weighted by molar-refractivity contribution is 8.00. The number of rotatable bonds is 3. The summed E-state index contributed by atoms with van der Waals surface area (Å²) >= 11 is 1.41. The number of nitrogens with one attached hydrogen (secondary N) is 1. The lowest BCUT2D eigenvalue weighted by Gasteiger charge is -2.12. The van der Waals surface area contributed by atoms with Crippen molar-refractivity contribution in [1.82, 2.24) is 9.55 Å². The molecule has 0 radical (unpaired) electrons. The number of benzene rings is 1.